The molecular weight excluding hydrogens is 234 g/mol. The van der Waals surface area contributed by atoms with Crippen LogP contribution in [0.1, 0.15) is 0 Å². The highest BCUT2D eigenvalue weighted by Crippen LogP contribution is 2.23. The van der Waals surface area contributed by atoms with Crippen LogP contribution in [0.4, 0.5) is 14.5 Å². The fourth-order valence-electron chi connectivity index (χ4n) is 0.876. The van der Waals surface area contributed by atoms with Crippen molar-refractivity contribution in [1.82, 2.24) is 0 Å². The first-order valence-electron chi connectivity index (χ1n) is 3.39. The molecule has 0 atom stereocenters. The largest absolute Gasteiger partial charge is 0.307 e. The van der Waals surface area contributed by atoms with Gasteiger partial charge in [-0.1, -0.05) is 0 Å². The Hall–Kier alpha value is -1.61. The SMILES string of the molecule is NS(=O)(=O)c1cc(F)c([N+](=O)[O-])cc1F. The molecule has 0 spiro atoms. The molecule has 15 heavy (non-hydrogen) atoms. The Balaban J connectivity index is 3.52. The van der Waals surface area contributed by atoms with Gasteiger partial charge in [-0.05, 0) is 0 Å². The van der Waals surface area contributed by atoms with Gasteiger partial charge in [0.15, 0.2) is 0 Å². The monoisotopic (exact) mass is 238 g/mol. The van der Waals surface area contributed by atoms with E-state index in [0.29, 0.717) is 0 Å². The number of primary sulfonamides is 1. The topological polar surface area (TPSA) is 103 Å². The minimum Gasteiger partial charge on any atom is -0.258 e. The average molecular weight is 238 g/mol. The number of benzene rings is 1. The van der Waals surface area contributed by atoms with E-state index in [1.54, 1.807) is 0 Å². The Morgan fingerprint density at radius 1 is 1.27 bits per heavy atom. The lowest BCUT2D eigenvalue weighted by Gasteiger charge is -2.00. The summed E-state index contributed by atoms with van der Waals surface area (Å²) in [6.45, 7) is 0. The van der Waals surface area contributed by atoms with Crippen LogP contribution in [-0.2, 0) is 10.0 Å². The molecule has 0 saturated carbocycles. The van der Waals surface area contributed by atoms with Crippen molar-refractivity contribution in [2.45, 2.75) is 4.90 Å². The predicted octanol–water partition coefficient (Wildman–Crippen LogP) is 0.520. The second-order valence-corrected chi connectivity index (χ2v) is 4.07. The van der Waals surface area contributed by atoms with Crippen LogP contribution in [-0.4, -0.2) is 13.3 Å². The van der Waals surface area contributed by atoms with Gasteiger partial charge in [0.05, 0.1) is 11.0 Å². The van der Waals surface area contributed by atoms with Gasteiger partial charge in [0.2, 0.25) is 15.8 Å². The molecule has 0 aliphatic heterocycles. The van der Waals surface area contributed by atoms with Crippen LogP contribution in [0.25, 0.3) is 0 Å². The Bertz CT molecular complexity index is 528. The van der Waals surface area contributed by atoms with Gasteiger partial charge >= 0.3 is 5.69 Å². The predicted molar refractivity (Wildman–Crippen MR) is 44.4 cm³/mol. The van der Waals surface area contributed by atoms with Crippen LogP contribution in [0, 0.1) is 21.7 Å². The summed E-state index contributed by atoms with van der Waals surface area (Å²) < 4.78 is 47.2. The summed E-state index contributed by atoms with van der Waals surface area (Å²) in [6, 6.07) is 0.331. The van der Waals surface area contributed by atoms with Gasteiger partial charge in [0, 0.05) is 6.07 Å². The summed E-state index contributed by atoms with van der Waals surface area (Å²) in [4.78, 5) is 7.86. The van der Waals surface area contributed by atoms with Crippen LogP contribution >= 0.6 is 0 Å². The van der Waals surface area contributed by atoms with E-state index in [4.69, 9.17) is 0 Å². The van der Waals surface area contributed by atoms with Crippen molar-refractivity contribution >= 4 is 15.7 Å². The van der Waals surface area contributed by atoms with E-state index >= 15 is 0 Å². The van der Waals surface area contributed by atoms with Crippen LogP contribution in [0.5, 0.6) is 0 Å². The molecule has 0 aliphatic rings. The van der Waals surface area contributed by atoms with E-state index in [2.05, 4.69) is 5.14 Å². The first-order chi connectivity index (χ1) is 6.73. The van der Waals surface area contributed by atoms with Crippen molar-refractivity contribution in [3.63, 3.8) is 0 Å². The van der Waals surface area contributed by atoms with Gasteiger partial charge in [-0.15, -0.1) is 0 Å². The van der Waals surface area contributed by atoms with Crippen LogP contribution in [0.2, 0.25) is 0 Å². The van der Waals surface area contributed by atoms with Gasteiger partial charge in [-0.25, -0.2) is 17.9 Å². The summed E-state index contributed by atoms with van der Waals surface area (Å²) in [5.74, 6) is -2.93. The number of hydrogen-bond acceptors (Lipinski definition) is 4. The maximum atomic E-state index is 13.0. The van der Waals surface area contributed by atoms with E-state index in [0.717, 1.165) is 0 Å². The standard InChI is InChI=1S/C6H4F2N2O4S/c7-3-2-6(15(9,13)14)4(8)1-5(3)10(11)12/h1-2H,(H2,9,13,14). The van der Waals surface area contributed by atoms with Crippen LogP contribution in [0.3, 0.4) is 0 Å². The van der Waals surface area contributed by atoms with Gasteiger partial charge in [0.1, 0.15) is 10.7 Å². The number of halogens is 2. The number of rotatable bonds is 2. The molecule has 0 saturated heterocycles. The molecule has 1 aromatic carbocycles. The van der Waals surface area contributed by atoms with Gasteiger partial charge < -0.3 is 0 Å². The van der Waals surface area contributed by atoms with Crippen LogP contribution in [0.15, 0.2) is 17.0 Å². The third-order valence-corrected chi connectivity index (χ3v) is 2.43. The molecule has 0 heterocycles. The summed E-state index contributed by atoms with van der Waals surface area (Å²) in [7, 11) is -4.44. The second-order valence-electron chi connectivity index (χ2n) is 2.54. The van der Waals surface area contributed by atoms with Gasteiger partial charge in [-0.3, -0.25) is 10.1 Å². The second kappa shape index (κ2) is 3.51. The van der Waals surface area contributed by atoms with Gasteiger partial charge in [0.25, 0.3) is 0 Å². The number of nitrogens with two attached hydrogens (primary N) is 1. The lowest BCUT2D eigenvalue weighted by Crippen LogP contribution is -2.14. The quantitative estimate of drug-likeness (QED) is 0.599. The molecule has 0 fully saturated rings. The highest BCUT2D eigenvalue weighted by atomic mass is 32.2. The van der Waals surface area contributed by atoms with Crippen molar-refractivity contribution < 1.29 is 22.1 Å². The molecule has 2 N–H and O–H groups in total. The molecule has 1 aromatic rings. The molecule has 0 bridgehead atoms. The lowest BCUT2D eigenvalue weighted by molar-refractivity contribution is -0.387. The van der Waals surface area contributed by atoms with Crippen molar-refractivity contribution in [1.29, 1.82) is 0 Å². The minimum atomic E-state index is -4.44. The smallest absolute Gasteiger partial charge is 0.258 e. The highest BCUT2D eigenvalue weighted by Gasteiger charge is 2.23. The molecule has 0 amide bonds. The fourth-order valence-corrected chi connectivity index (χ4v) is 1.47. The molecule has 9 heteroatoms. The van der Waals surface area contributed by atoms with Crippen molar-refractivity contribution in [2.24, 2.45) is 5.14 Å². The maximum absolute atomic E-state index is 13.0. The van der Waals surface area contributed by atoms with Gasteiger partial charge in [-0.2, -0.15) is 4.39 Å². The molecule has 0 aliphatic carbocycles. The molecule has 82 valence electrons. The van der Waals surface area contributed by atoms with Crippen molar-refractivity contribution in [3.05, 3.63) is 33.9 Å². The van der Waals surface area contributed by atoms with Crippen LogP contribution < -0.4 is 5.14 Å². The zero-order valence-electron chi connectivity index (χ0n) is 6.98. The fraction of sp³-hybridized carbons (Fsp3) is 0. The Labute approximate surface area is 82.5 Å². The number of sulfonamides is 1. The van der Waals surface area contributed by atoms with E-state index < -0.39 is 37.2 Å². The molecule has 6 nitrogen and oxygen atoms in total. The van der Waals surface area contributed by atoms with E-state index in [-0.39, 0.29) is 12.1 Å². The molecular formula is C6H4F2N2O4S. The van der Waals surface area contributed by atoms with Crippen molar-refractivity contribution in [3.8, 4) is 0 Å². The minimum absolute atomic E-state index is 0.162. The average Bonchev–Trinajstić information content (AvgIpc) is 2.06. The molecule has 0 radical (unpaired) electrons. The molecule has 0 aromatic heterocycles. The van der Waals surface area contributed by atoms with E-state index in [1.807, 2.05) is 0 Å². The summed E-state index contributed by atoms with van der Waals surface area (Å²) in [5.41, 5.74) is -1.15. The molecule has 1 rings (SSSR count). The number of nitro groups is 1. The summed E-state index contributed by atoms with van der Waals surface area (Å²) >= 11 is 0. The third kappa shape index (κ3) is 2.25. The van der Waals surface area contributed by atoms with E-state index in [9.17, 15) is 27.3 Å². The zero-order valence-corrected chi connectivity index (χ0v) is 7.79. The lowest BCUT2D eigenvalue weighted by atomic mass is 10.3. The number of hydrogen-bond donors (Lipinski definition) is 1. The number of nitrogens with zero attached hydrogens (tertiary/aromatic N) is 1. The zero-order chi connectivity index (χ0) is 11.8. The third-order valence-electron chi connectivity index (χ3n) is 1.50. The Kier molecular flexibility index (Phi) is 2.69. The summed E-state index contributed by atoms with van der Waals surface area (Å²) in [5, 5.41) is 14.7. The first kappa shape index (κ1) is 11.5. The van der Waals surface area contributed by atoms with Crippen molar-refractivity contribution in [2.75, 3.05) is 0 Å². The number of nitro benzene ring substituents is 1. The highest BCUT2D eigenvalue weighted by molar-refractivity contribution is 7.89. The molecule has 0 unspecified atom stereocenters. The Morgan fingerprint density at radius 2 is 1.80 bits per heavy atom. The first-order valence-corrected chi connectivity index (χ1v) is 4.94. The normalized spacial score (nSPS) is 11.4. The summed E-state index contributed by atoms with van der Waals surface area (Å²) in [6.07, 6.45) is 0. The van der Waals surface area contributed by atoms with E-state index in [1.165, 1.54) is 0 Å². The maximum Gasteiger partial charge on any atom is 0.307 e. The Morgan fingerprint density at radius 3 is 2.20 bits per heavy atom.